The van der Waals surface area contributed by atoms with E-state index in [0.29, 0.717) is 38.5 Å². The number of nitrogens with zero attached hydrogens (tertiary/aromatic N) is 1. The van der Waals surface area contributed by atoms with Crippen molar-refractivity contribution in [1.82, 2.24) is 5.32 Å². The summed E-state index contributed by atoms with van der Waals surface area (Å²) >= 11 is 0. The first-order valence-electron chi connectivity index (χ1n) is 15.5. The van der Waals surface area contributed by atoms with E-state index in [9.17, 15) is 32.8 Å². The maximum absolute atomic E-state index is 14.5. The number of fused-ring (bicyclic) bond motifs is 7. The van der Waals surface area contributed by atoms with Crippen molar-refractivity contribution < 1.29 is 27.6 Å². The maximum Gasteiger partial charge on any atom is 0.405 e. The molecule has 5 rings (SSSR count). The van der Waals surface area contributed by atoms with E-state index in [4.69, 9.17) is 0 Å². The average molecular weight is 577 g/mol. The fraction of sp³-hybridized carbons (Fsp3) is 0.879. The smallest absolute Gasteiger partial charge is 0.346 e. The first-order chi connectivity index (χ1) is 18.7. The highest BCUT2D eigenvalue weighted by Crippen LogP contribution is 2.76. The van der Waals surface area contributed by atoms with Gasteiger partial charge in [-0.3, -0.25) is 14.4 Å². The average Bonchev–Trinajstić information content (AvgIpc) is 2.85. The molecule has 1 amide bonds. The molecule has 1 N–H and O–H groups in total. The summed E-state index contributed by atoms with van der Waals surface area (Å²) in [5, 5.41) is 12.2. The first-order valence-corrected chi connectivity index (χ1v) is 15.5. The third-order valence-electron chi connectivity index (χ3n) is 13.8. The minimum atomic E-state index is -4.50. The normalized spacial score (nSPS) is 46.7. The van der Waals surface area contributed by atoms with E-state index in [-0.39, 0.29) is 45.6 Å². The van der Waals surface area contributed by atoms with Crippen molar-refractivity contribution in [2.45, 2.75) is 112 Å². The van der Waals surface area contributed by atoms with Crippen LogP contribution in [0.5, 0.6) is 0 Å². The number of nitrogens with one attached hydrogen (secondary N) is 1. The lowest BCUT2D eigenvalue weighted by atomic mass is 9.31. The summed E-state index contributed by atoms with van der Waals surface area (Å²) in [6, 6.07) is 2.28. The summed E-state index contributed by atoms with van der Waals surface area (Å²) in [7, 11) is 0. The molecule has 0 aromatic heterocycles. The SMILES string of the molecule is CC1(C)CC[C@]2(C(=O)NCC(F)(F)F)CC[C@]3(C)C(C(=O)C[C@@H]4[C@@]5(C)CC(C#N)C(=O)C(C)(C)[C@@H]5CC[C@]43C)[C@H]2C1. The number of ketones is 2. The number of alkyl halides is 3. The fourth-order valence-corrected chi connectivity index (χ4v) is 11.6. The van der Waals surface area contributed by atoms with Gasteiger partial charge in [0.1, 0.15) is 18.2 Å². The fourth-order valence-electron chi connectivity index (χ4n) is 11.6. The number of Topliss-reactive ketones (excluding diaryl/α,β-unsaturated/α-hetero) is 2. The van der Waals surface area contributed by atoms with Crippen molar-refractivity contribution in [1.29, 1.82) is 5.26 Å². The zero-order chi connectivity index (χ0) is 30.6. The molecule has 8 heteroatoms. The number of rotatable bonds is 2. The van der Waals surface area contributed by atoms with E-state index >= 15 is 0 Å². The second-order valence-corrected chi connectivity index (χ2v) is 16.5. The Morgan fingerprint density at radius 2 is 1.56 bits per heavy atom. The highest BCUT2D eigenvalue weighted by molar-refractivity contribution is 5.91. The minimum Gasteiger partial charge on any atom is -0.346 e. The molecule has 5 aliphatic rings. The molecule has 0 aromatic carbocycles. The van der Waals surface area contributed by atoms with E-state index in [0.717, 1.165) is 19.3 Å². The van der Waals surface area contributed by atoms with Crippen LogP contribution in [0.15, 0.2) is 0 Å². The Kier molecular flexibility index (Phi) is 6.74. The summed E-state index contributed by atoms with van der Waals surface area (Å²) in [5.41, 5.74) is -2.80. The van der Waals surface area contributed by atoms with Crippen molar-refractivity contribution >= 4 is 17.5 Å². The van der Waals surface area contributed by atoms with Gasteiger partial charge in [-0.05, 0) is 90.8 Å². The number of carbonyl (C=O) groups is 3. The monoisotopic (exact) mass is 576 g/mol. The molecule has 0 spiro atoms. The van der Waals surface area contributed by atoms with E-state index in [1.165, 1.54) is 0 Å². The molecule has 0 bridgehead atoms. The van der Waals surface area contributed by atoms with Crippen LogP contribution in [-0.2, 0) is 14.4 Å². The van der Waals surface area contributed by atoms with E-state index in [2.05, 4.69) is 46.0 Å². The number of nitriles is 1. The van der Waals surface area contributed by atoms with Gasteiger partial charge in [-0.1, -0.05) is 48.5 Å². The molecule has 0 aliphatic heterocycles. The zero-order valence-corrected chi connectivity index (χ0v) is 25.8. The molecule has 0 aromatic rings. The van der Waals surface area contributed by atoms with Crippen molar-refractivity contribution in [3.8, 4) is 6.07 Å². The largest absolute Gasteiger partial charge is 0.405 e. The molecule has 228 valence electrons. The first kappa shape index (κ1) is 30.5. The van der Waals surface area contributed by atoms with Crippen molar-refractivity contribution in [3.63, 3.8) is 0 Å². The third-order valence-corrected chi connectivity index (χ3v) is 13.8. The second kappa shape index (κ2) is 9.05. The third kappa shape index (κ3) is 4.17. The Morgan fingerprint density at radius 1 is 0.927 bits per heavy atom. The predicted octanol–water partition coefficient (Wildman–Crippen LogP) is 7.04. The van der Waals surface area contributed by atoms with Gasteiger partial charge < -0.3 is 5.32 Å². The summed E-state index contributed by atoms with van der Waals surface area (Å²) in [4.78, 5) is 41.5. The van der Waals surface area contributed by atoms with E-state index in [1.807, 2.05) is 13.8 Å². The zero-order valence-electron chi connectivity index (χ0n) is 25.8. The van der Waals surface area contributed by atoms with E-state index in [1.54, 1.807) is 0 Å². The molecule has 5 saturated carbocycles. The number of hydrogen-bond donors (Lipinski definition) is 1. The van der Waals surface area contributed by atoms with Gasteiger partial charge in [-0.2, -0.15) is 18.4 Å². The molecular weight excluding hydrogens is 529 g/mol. The lowest BCUT2D eigenvalue weighted by molar-refractivity contribution is -0.235. The standard InChI is InChI=1S/C33H47F3N2O3/c1-27(2)10-12-32(26(41)38-18-33(34,35)36)13-11-31(7)24(20(32)16-27)21(39)14-23-29(5)15-19(17-37)25(40)28(3,4)22(29)8-9-30(23,31)6/h19-20,22-24H,8-16,18H2,1-7H3,(H,38,41)/t19?,20-,22+,23-,24?,29+,30-,31-,32+/m1/s1. The Hall–Kier alpha value is -1.91. The molecule has 0 heterocycles. The second-order valence-electron chi connectivity index (χ2n) is 16.5. The van der Waals surface area contributed by atoms with Crippen LogP contribution in [-0.4, -0.2) is 30.2 Å². The molecule has 5 aliphatic carbocycles. The van der Waals surface area contributed by atoms with Crippen LogP contribution in [0.2, 0.25) is 0 Å². The van der Waals surface area contributed by atoms with E-state index < -0.39 is 46.7 Å². The Labute approximate surface area is 242 Å². The Bertz CT molecular complexity index is 1200. The van der Waals surface area contributed by atoms with Gasteiger partial charge in [0.2, 0.25) is 5.91 Å². The van der Waals surface area contributed by atoms with Crippen LogP contribution in [0, 0.1) is 73.4 Å². The summed E-state index contributed by atoms with van der Waals surface area (Å²) in [6.45, 7) is 13.6. The summed E-state index contributed by atoms with van der Waals surface area (Å²) in [5.74, 6) is -1.76. The summed E-state index contributed by atoms with van der Waals surface area (Å²) in [6.07, 6.45) is 0.950. The molecule has 2 unspecified atom stereocenters. The number of carbonyl (C=O) groups excluding carboxylic acids is 3. The van der Waals surface area contributed by atoms with Crippen LogP contribution in [0.4, 0.5) is 13.2 Å². The van der Waals surface area contributed by atoms with Crippen molar-refractivity contribution in [2.24, 2.45) is 62.1 Å². The topological polar surface area (TPSA) is 87.0 Å². The van der Waals surface area contributed by atoms with Gasteiger partial charge in [0.25, 0.3) is 0 Å². The molecule has 41 heavy (non-hydrogen) atoms. The minimum absolute atomic E-state index is 0.00567. The molecule has 5 fully saturated rings. The molecular formula is C33H47F3N2O3. The Morgan fingerprint density at radius 3 is 2.17 bits per heavy atom. The van der Waals surface area contributed by atoms with Gasteiger partial charge >= 0.3 is 6.18 Å². The van der Waals surface area contributed by atoms with Crippen LogP contribution in [0.1, 0.15) is 106 Å². The lowest BCUT2D eigenvalue weighted by Crippen LogP contribution is -2.70. The van der Waals surface area contributed by atoms with Crippen LogP contribution in [0.3, 0.4) is 0 Å². The quantitative estimate of drug-likeness (QED) is 0.382. The van der Waals surface area contributed by atoms with Crippen LogP contribution < -0.4 is 5.32 Å². The van der Waals surface area contributed by atoms with Gasteiger partial charge in [0, 0.05) is 17.8 Å². The molecule has 5 nitrogen and oxygen atoms in total. The van der Waals surface area contributed by atoms with Crippen LogP contribution in [0.25, 0.3) is 0 Å². The van der Waals surface area contributed by atoms with Gasteiger partial charge in [0.05, 0.1) is 11.5 Å². The van der Waals surface area contributed by atoms with Crippen LogP contribution >= 0.6 is 0 Å². The van der Waals surface area contributed by atoms with Gasteiger partial charge in [-0.25, -0.2) is 0 Å². The van der Waals surface area contributed by atoms with Gasteiger partial charge in [0.15, 0.2) is 5.78 Å². The molecule has 0 radical (unpaired) electrons. The number of halogens is 3. The molecule has 0 saturated heterocycles. The highest BCUT2D eigenvalue weighted by Gasteiger charge is 2.73. The van der Waals surface area contributed by atoms with Gasteiger partial charge in [-0.15, -0.1) is 0 Å². The highest BCUT2D eigenvalue weighted by atomic mass is 19.4. The van der Waals surface area contributed by atoms with Crippen molar-refractivity contribution in [3.05, 3.63) is 0 Å². The maximum atomic E-state index is 14.5. The molecule has 9 atom stereocenters. The predicted molar refractivity (Wildman–Crippen MR) is 148 cm³/mol. The number of amides is 1. The summed E-state index contributed by atoms with van der Waals surface area (Å²) < 4.78 is 39.4. The lowest BCUT2D eigenvalue weighted by Gasteiger charge is -2.72. The Balaban J connectivity index is 1.57. The van der Waals surface area contributed by atoms with Crippen molar-refractivity contribution in [2.75, 3.05) is 6.54 Å². The number of hydrogen-bond acceptors (Lipinski definition) is 4.